The maximum absolute atomic E-state index is 13.6. The van der Waals surface area contributed by atoms with Crippen LogP contribution in [-0.4, -0.2) is 33.2 Å². The van der Waals surface area contributed by atoms with Crippen LogP contribution < -0.4 is 16.2 Å². The van der Waals surface area contributed by atoms with Crippen LogP contribution in [0.5, 0.6) is 0 Å². The molecule has 2 amide bonds. The third-order valence-corrected chi connectivity index (χ3v) is 9.37. The van der Waals surface area contributed by atoms with Crippen LogP contribution in [0.2, 0.25) is 0 Å². The van der Waals surface area contributed by atoms with Gasteiger partial charge in [-0.05, 0) is 77.2 Å². The van der Waals surface area contributed by atoms with Crippen molar-refractivity contribution < 1.29 is 9.59 Å². The maximum atomic E-state index is 13.6. The summed E-state index contributed by atoms with van der Waals surface area (Å²) in [7, 11) is 0. The highest BCUT2D eigenvalue weighted by atomic mass is 32.2. The van der Waals surface area contributed by atoms with E-state index < -0.39 is 0 Å². The van der Waals surface area contributed by atoms with Crippen LogP contribution in [0.3, 0.4) is 0 Å². The number of nitrogens with zero attached hydrogens (tertiary/aromatic N) is 1. The van der Waals surface area contributed by atoms with E-state index in [0.717, 1.165) is 59.3 Å². The molecule has 8 heteroatoms. The highest BCUT2D eigenvalue weighted by molar-refractivity contribution is 7.98. The van der Waals surface area contributed by atoms with Crippen LogP contribution in [0.15, 0.2) is 40.0 Å². The normalized spacial score (nSPS) is 22.4. The predicted octanol–water partition coefficient (Wildman–Crippen LogP) is 5.00. The van der Waals surface area contributed by atoms with Crippen molar-refractivity contribution in [2.24, 2.45) is 5.92 Å². The van der Waals surface area contributed by atoms with Gasteiger partial charge in [-0.1, -0.05) is 18.2 Å². The molecule has 0 radical (unpaired) electrons. The first-order valence-corrected chi connectivity index (χ1v) is 14.4. The number of hydrogen-bond donors (Lipinski definition) is 3. The molecule has 3 N–H and O–H groups in total. The molecular formula is C29H36N4O3S. The SMILES string of the molecule is CSc1cc(C)[nH]c(=O)c1CNC(=O)c1c(C)n([C@H](C)C2CCC3(CCC(=O)N3)CC2)c2ccccc12. The molecule has 2 fully saturated rings. The topological polar surface area (TPSA) is 96.0 Å². The first kappa shape index (κ1) is 25.6. The lowest BCUT2D eigenvalue weighted by atomic mass is 9.73. The van der Waals surface area contributed by atoms with E-state index >= 15 is 0 Å². The number of carbonyl (C=O) groups excluding carboxylic acids is 2. The Kier molecular flexibility index (Phi) is 6.96. The number of rotatable bonds is 6. The van der Waals surface area contributed by atoms with Crippen LogP contribution in [-0.2, 0) is 11.3 Å². The first-order valence-electron chi connectivity index (χ1n) is 13.2. The number of amides is 2. The molecule has 0 bridgehead atoms. The van der Waals surface area contributed by atoms with E-state index in [2.05, 4.69) is 33.2 Å². The van der Waals surface area contributed by atoms with Gasteiger partial charge >= 0.3 is 0 Å². The van der Waals surface area contributed by atoms with Gasteiger partial charge in [0.15, 0.2) is 0 Å². The molecular weight excluding hydrogens is 484 g/mol. The minimum atomic E-state index is -0.164. The van der Waals surface area contributed by atoms with Crippen molar-refractivity contribution in [1.29, 1.82) is 0 Å². The molecule has 7 nitrogen and oxygen atoms in total. The van der Waals surface area contributed by atoms with Gasteiger partial charge in [0, 0.05) is 57.3 Å². The number of fused-ring (bicyclic) bond motifs is 1. The molecule has 1 spiro atoms. The number of hydrogen-bond acceptors (Lipinski definition) is 4. The molecule has 1 saturated carbocycles. The number of aromatic nitrogens is 2. The van der Waals surface area contributed by atoms with Crippen LogP contribution >= 0.6 is 11.8 Å². The molecule has 1 aliphatic heterocycles. The average Bonchev–Trinajstić information content (AvgIpc) is 3.38. The van der Waals surface area contributed by atoms with Crippen molar-refractivity contribution in [3.63, 3.8) is 0 Å². The number of pyridine rings is 1. The third-order valence-electron chi connectivity index (χ3n) is 8.57. The number of nitrogens with one attached hydrogen (secondary N) is 3. The van der Waals surface area contributed by atoms with Gasteiger partial charge in [-0.15, -0.1) is 11.8 Å². The van der Waals surface area contributed by atoms with Crippen molar-refractivity contribution in [2.45, 2.75) is 82.3 Å². The number of carbonyl (C=O) groups is 2. The fourth-order valence-electron chi connectivity index (χ4n) is 6.53. The summed E-state index contributed by atoms with van der Waals surface area (Å²) in [6.45, 7) is 6.32. The molecule has 1 saturated heterocycles. The smallest absolute Gasteiger partial charge is 0.254 e. The van der Waals surface area contributed by atoms with Gasteiger partial charge in [-0.2, -0.15) is 0 Å². The van der Waals surface area contributed by atoms with E-state index in [1.54, 1.807) is 0 Å². The van der Waals surface area contributed by atoms with E-state index in [9.17, 15) is 14.4 Å². The molecule has 1 aromatic carbocycles. The van der Waals surface area contributed by atoms with Gasteiger partial charge in [0.1, 0.15) is 0 Å². The van der Waals surface area contributed by atoms with Gasteiger partial charge in [-0.3, -0.25) is 14.4 Å². The zero-order valence-electron chi connectivity index (χ0n) is 22.1. The number of aromatic amines is 1. The Hall–Kier alpha value is -3.00. The summed E-state index contributed by atoms with van der Waals surface area (Å²) in [4.78, 5) is 41.7. The predicted molar refractivity (Wildman–Crippen MR) is 148 cm³/mol. The summed E-state index contributed by atoms with van der Waals surface area (Å²) < 4.78 is 2.33. The molecule has 3 aromatic rings. The van der Waals surface area contributed by atoms with E-state index in [-0.39, 0.29) is 35.5 Å². The number of thioether (sulfide) groups is 1. The van der Waals surface area contributed by atoms with E-state index in [0.29, 0.717) is 23.5 Å². The van der Waals surface area contributed by atoms with Gasteiger partial charge in [-0.25, -0.2) is 0 Å². The largest absolute Gasteiger partial charge is 0.351 e. The quantitative estimate of drug-likeness (QED) is 0.399. The summed E-state index contributed by atoms with van der Waals surface area (Å²) in [5.74, 6) is 0.499. The number of aryl methyl sites for hydroxylation is 1. The van der Waals surface area contributed by atoms with Gasteiger partial charge < -0.3 is 20.2 Å². The van der Waals surface area contributed by atoms with Crippen molar-refractivity contribution in [1.82, 2.24) is 20.2 Å². The summed E-state index contributed by atoms with van der Waals surface area (Å²) in [6, 6.07) is 10.3. The first-order chi connectivity index (χ1) is 17.7. The van der Waals surface area contributed by atoms with Crippen molar-refractivity contribution in [2.75, 3.05) is 6.26 Å². The maximum Gasteiger partial charge on any atom is 0.254 e. The fourth-order valence-corrected chi connectivity index (χ4v) is 7.24. The third kappa shape index (κ3) is 4.72. The minimum Gasteiger partial charge on any atom is -0.351 e. The Labute approximate surface area is 221 Å². The van der Waals surface area contributed by atoms with Gasteiger partial charge in [0.05, 0.1) is 5.56 Å². The Balaban J connectivity index is 1.40. The van der Waals surface area contributed by atoms with Crippen molar-refractivity contribution >= 4 is 34.5 Å². The summed E-state index contributed by atoms with van der Waals surface area (Å²) in [6.07, 6.45) is 7.68. The molecule has 1 atom stereocenters. The van der Waals surface area contributed by atoms with Crippen molar-refractivity contribution in [3.8, 4) is 0 Å². The molecule has 0 unspecified atom stereocenters. The fraction of sp³-hybridized carbons (Fsp3) is 0.483. The number of H-pyrrole nitrogens is 1. The molecule has 1 aliphatic carbocycles. The van der Waals surface area contributed by atoms with Crippen molar-refractivity contribution in [3.05, 3.63) is 63.2 Å². The Morgan fingerprint density at radius 1 is 1.19 bits per heavy atom. The van der Waals surface area contributed by atoms with Gasteiger partial charge in [0.2, 0.25) is 5.91 Å². The van der Waals surface area contributed by atoms with Gasteiger partial charge in [0.25, 0.3) is 11.5 Å². The van der Waals surface area contributed by atoms with E-state index in [1.165, 1.54) is 11.8 Å². The van der Waals surface area contributed by atoms with Crippen LogP contribution in [0.1, 0.15) is 78.8 Å². The second-order valence-corrected chi connectivity index (χ2v) is 11.6. The van der Waals surface area contributed by atoms with Crippen LogP contribution in [0, 0.1) is 19.8 Å². The number of para-hydroxylation sites is 1. The lowest BCUT2D eigenvalue weighted by Gasteiger charge is -2.40. The average molecular weight is 521 g/mol. The molecule has 196 valence electrons. The molecule has 2 aliphatic rings. The lowest BCUT2D eigenvalue weighted by Crippen LogP contribution is -2.45. The second kappa shape index (κ2) is 10.0. The lowest BCUT2D eigenvalue weighted by molar-refractivity contribution is -0.120. The Bertz CT molecular complexity index is 1410. The van der Waals surface area contributed by atoms with Crippen LogP contribution in [0.25, 0.3) is 10.9 Å². The highest BCUT2D eigenvalue weighted by Gasteiger charge is 2.42. The monoisotopic (exact) mass is 520 g/mol. The van der Waals surface area contributed by atoms with Crippen LogP contribution in [0.4, 0.5) is 0 Å². The van der Waals surface area contributed by atoms with E-state index in [4.69, 9.17) is 0 Å². The molecule has 5 rings (SSSR count). The summed E-state index contributed by atoms with van der Waals surface area (Å²) in [5.41, 5.74) is 3.90. The summed E-state index contributed by atoms with van der Waals surface area (Å²) in [5, 5.41) is 7.21. The Morgan fingerprint density at radius 2 is 1.92 bits per heavy atom. The highest BCUT2D eigenvalue weighted by Crippen LogP contribution is 2.43. The minimum absolute atomic E-state index is 0.00436. The molecule has 37 heavy (non-hydrogen) atoms. The summed E-state index contributed by atoms with van der Waals surface area (Å²) >= 11 is 1.51. The number of benzene rings is 1. The zero-order chi connectivity index (χ0) is 26.3. The molecule has 2 aromatic heterocycles. The standard InChI is InChI=1S/C29H36N4O3S/c1-17-15-24(37-4)22(27(35)31-17)16-30-28(36)26-19(3)33(23-8-6-5-7-21(23)26)18(2)20-9-12-29(13-10-20)14-11-25(34)32-29/h5-8,15,18,20H,9-14,16H2,1-4H3,(H,30,36)(H,31,35)(H,32,34)/t18-,20?,29?/m1/s1. The second-order valence-electron chi connectivity index (χ2n) is 10.8. The Morgan fingerprint density at radius 3 is 2.59 bits per heavy atom. The zero-order valence-corrected chi connectivity index (χ0v) is 22.9. The molecule has 3 heterocycles. The van der Waals surface area contributed by atoms with E-state index in [1.807, 2.05) is 44.4 Å².